The van der Waals surface area contributed by atoms with E-state index in [4.69, 9.17) is 9.47 Å². The van der Waals surface area contributed by atoms with Crippen LogP contribution in [-0.4, -0.2) is 43.5 Å². The van der Waals surface area contributed by atoms with Crippen LogP contribution in [0.1, 0.15) is 13.8 Å². The van der Waals surface area contributed by atoms with Gasteiger partial charge in [0.1, 0.15) is 5.92 Å². The SMILES string of the molecule is CCOC(=O)CSC=C1NC(=O)NCC1C(=O)OCC. The highest BCUT2D eigenvalue weighted by Gasteiger charge is 2.30. The van der Waals surface area contributed by atoms with Gasteiger partial charge in [0.05, 0.1) is 19.0 Å². The van der Waals surface area contributed by atoms with Crippen LogP contribution < -0.4 is 10.6 Å². The molecule has 0 aliphatic carbocycles. The Morgan fingerprint density at radius 1 is 1.35 bits per heavy atom. The maximum atomic E-state index is 11.8. The van der Waals surface area contributed by atoms with Gasteiger partial charge < -0.3 is 20.1 Å². The summed E-state index contributed by atoms with van der Waals surface area (Å²) in [5.41, 5.74) is 0.432. The third-order valence-corrected chi connectivity index (χ3v) is 3.21. The molecule has 0 aromatic rings. The van der Waals surface area contributed by atoms with Crippen molar-refractivity contribution in [3.8, 4) is 0 Å². The molecule has 1 atom stereocenters. The van der Waals surface area contributed by atoms with Gasteiger partial charge >= 0.3 is 18.0 Å². The Morgan fingerprint density at radius 2 is 2.05 bits per heavy atom. The van der Waals surface area contributed by atoms with Gasteiger partial charge in [-0.2, -0.15) is 0 Å². The minimum atomic E-state index is -0.581. The molecule has 1 rings (SSSR count). The number of urea groups is 1. The van der Waals surface area contributed by atoms with Crippen LogP contribution in [0.2, 0.25) is 0 Å². The number of esters is 2. The van der Waals surface area contributed by atoms with Gasteiger partial charge in [-0.05, 0) is 19.3 Å². The first-order chi connectivity index (χ1) is 9.58. The van der Waals surface area contributed by atoms with Crippen LogP contribution in [0.3, 0.4) is 0 Å². The van der Waals surface area contributed by atoms with Gasteiger partial charge in [-0.1, -0.05) is 0 Å². The van der Waals surface area contributed by atoms with E-state index in [9.17, 15) is 14.4 Å². The molecule has 0 aromatic carbocycles. The monoisotopic (exact) mass is 302 g/mol. The molecule has 0 radical (unpaired) electrons. The van der Waals surface area contributed by atoms with Crippen LogP contribution in [0.5, 0.6) is 0 Å². The summed E-state index contributed by atoms with van der Waals surface area (Å²) in [6.07, 6.45) is 0. The standard InChI is InChI=1S/C12H18N2O5S/c1-3-18-10(15)7-20-6-9-8(11(16)19-4-2)5-13-12(17)14-9/h6,8H,3-5,7H2,1-2H3,(H2,13,14,17). The average molecular weight is 302 g/mol. The van der Waals surface area contributed by atoms with E-state index in [-0.39, 0.29) is 30.9 Å². The molecule has 1 aliphatic rings. The Balaban J connectivity index is 2.62. The second kappa shape index (κ2) is 8.47. The normalized spacial score (nSPS) is 20.0. The summed E-state index contributed by atoms with van der Waals surface area (Å²) in [7, 11) is 0. The second-order valence-electron chi connectivity index (χ2n) is 3.83. The Labute approximate surface area is 121 Å². The molecule has 7 nitrogen and oxygen atoms in total. The van der Waals surface area contributed by atoms with E-state index in [1.54, 1.807) is 19.3 Å². The highest BCUT2D eigenvalue weighted by Crippen LogP contribution is 2.17. The molecule has 1 saturated heterocycles. The smallest absolute Gasteiger partial charge is 0.319 e. The van der Waals surface area contributed by atoms with Crippen molar-refractivity contribution in [3.05, 3.63) is 11.1 Å². The van der Waals surface area contributed by atoms with Crippen LogP contribution in [0, 0.1) is 5.92 Å². The molecule has 8 heteroatoms. The number of nitrogens with one attached hydrogen (secondary N) is 2. The average Bonchev–Trinajstić information content (AvgIpc) is 2.39. The maximum absolute atomic E-state index is 11.8. The fourth-order valence-corrected chi connectivity index (χ4v) is 2.24. The van der Waals surface area contributed by atoms with Crippen molar-refractivity contribution in [2.24, 2.45) is 5.92 Å². The minimum absolute atomic E-state index is 0.121. The first kappa shape index (κ1) is 16.4. The number of amides is 2. The molecular weight excluding hydrogens is 284 g/mol. The van der Waals surface area contributed by atoms with Gasteiger partial charge in [0.2, 0.25) is 0 Å². The molecule has 1 fully saturated rings. The number of hydrogen-bond donors (Lipinski definition) is 2. The van der Waals surface area contributed by atoms with Gasteiger partial charge in [-0.25, -0.2) is 4.79 Å². The molecule has 1 aliphatic heterocycles. The Hall–Kier alpha value is -1.70. The number of ether oxygens (including phenoxy) is 2. The summed E-state index contributed by atoms with van der Waals surface area (Å²) in [5, 5.41) is 6.66. The zero-order valence-electron chi connectivity index (χ0n) is 11.4. The quantitative estimate of drug-likeness (QED) is 0.698. The van der Waals surface area contributed by atoms with Crippen molar-refractivity contribution >= 4 is 29.7 Å². The summed E-state index contributed by atoms with van der Waals surface area (Å²) in [5.74, 6) is -1.22. The summed E-state index contributed by atoms with van der Waals surface area (Å²) in [6, 6.07) is -0.381. The minimum Gasteiger partial charge on any atom is -0.465 e. The molecule has 1 unspecified atom stereocenters. The van der Waals surface area contributed by atoms with Gasteiger partial charge in [0, 0.05) is 12.2 Å². The molecular formula is C12H18N2O5S. The third kappa shape index (κ3) is 5.12. The zero-order valence-corrected chi connectivity index (χ0v) is 12.2. The molecule has 2 amide bonds. The molecule has 0 spiro atoms. The third-order valence-electron chi connectivity index (χ3n) is 2.39. The van der Waals surface area contributed by atoms with Crippen molar-refractivity contribution in [2.75, 3.05) is 25.5 Å². The van der Waals surface area contributed by atoms with E-state index in [1.165, 1.54) is 0 Å². The van der Waals surface area contributed by atoms with E-state index >= 15 is 0 Å². The lowest BCUT2D eigenvalue weighted by Crippen LogP contribution is -2.49. The van der Waals surface area contributed by atoms with Gasteiger partial charge in [0.15, 0.2) is 0 Å². The summed E-state index contributed by atoms with van der Waals surface area (Å²) in [4.78, 5) is 34.2. The van der Waals surface area contributed by atoms with E-state index in [0.717, 1.165) is 11.8 Å². The number of rotatable bonds is 6. The van der Waals surface area contributed by atoms with Crippen LogP contribution >= 0.6 is 11.8 Å². The maximum Gasteiger partial charge on any atom is 0.319 e. The van der Waals surface area contributed by atoms with Crippen LogP contribution in [-0.2, 0) is 19.1 Å². The number of hydrogen-bond acceptors (Lipinski definition) is 6. The first-order valence-electron chi connectivity index (χ1n) is 6.27. The number of carbonyl (C=O) groups is 3. The highest BCUT2D eigenvalue weighted by molar-refractivity contribution is 8.02. The van der Waals surface area contributed by atoms with Gasteiger partial charge in [-0.15, -0.1) is 11.8 Å². The van der Waals surface area contributed by atoms with E-state index in [0.29, 0.717) is 12.3 Å². The van der Waals surface area contributed by atoms with Crippen molar-refractivity contribution in [3.63, 3.8) is 0 Å². The van der Waals surface area contributed by atoms with Gasteiger partial charge in [-0.3, -0.25) is 9.59 Å². The lowest BCUT2D eigenvalue weighted by molar-refractivity contribution is -0.146. The predicted molar refractivity (Wildman–Crippen MR) is 73.8 cm³/mol. The van der Waals surface area contributed by atoms with E-state index in [2.05, 4.69) is 10.6 Å². The molecule has 0 bridgehead atoms. The van der Waals surface area contributed by atoms with Crippen LogP contribution in [0.15, 0.2) is 11.1 Å². The van der Waals surface area contributed by atoms with Crippen molar-refractivity contribution in [2.45, 2.75) is 13.8 Å². The molecule has 112 valence electrons. The van der Waals surface area contributed by atoms with E-state index in [1.807, 2.05) is 0 Å². The number of carbonyl (C=O) groups excluding carboxylic acids is 3. The Kier molecular flexibility index (Phi) is 6.92. The fraction of sp³-hybridized carbons (Fsp3) is 0.583. The van der Waals surface area contributed by atoms with Crippen LogP contribution in [0.4, 0.5) is 4.79 Å². The summed E-state index contributed by atoms with van der Waals surface area (Å²) in [6.45, 7) is 4.21. The molecule has 2 N–H and O–H groups in total. The Bertz CT molecular complexity index is 411. The first-order valence-corrected chi connectivity index (χ1v) is 7.32. The van der Waals surface area contributed by atoms with E-state index < -0.39 is 11.9 Å². The van der Waals surface area contributed by atoms with Crippen molar-refractivity contribution in [1.29, 1.82) is 0 Å². The molecule has 0 saturated carbocycles. The lowest BCUT2D eigenvalue weighted by Gasteiger charge is -2.25. The van der Waals surface area contributed by atoms with Crippen LogP contribution in [0.25, 0.3) is 0 Å². The van der Waals surface area contributed by atoms with Crippen molar-refractivity contribution in [1.82, 2.24) is 10.6 Å². The highest BCUT2D eigenvalue weighted by atomic mass is 32.2. The second-order valence-corrected chi connectivity index (χ2v) is 4.69. The zero-order chi connectivity index (χ0) is 15.0. The molecule has 20 heavy (non-hydrogen) atoms. The predicted octanol–water partition coefficient (Wildman–Crippen LogP) is 0.616. The molecule has 1 heterocycles. The fourth-order valence-electron chi connectivity index (χ4n) is 1.53. The molecule has 0 aromatic heterocycles. The topological polar surface area (TPSA) is 93.7 Å². The Morgan fingerprint density at radius 3 is 2.70 bits per heavy atom. The summed E-state index contributed by atoms with van der Waals surface area (Å²) >= 11 is 1.16. The summed E-state index contributed by atoms with van der Waals surface area (Å²) < 4.78 is 9.73. The number of thioether (sulfide) groups is 1. The largest absolute Gasteiger partial charge is 0.465 e. The van der Waals surface area contributed by atoms with Gasteiger partial charge in [0.25, 0.3) is 0 Å². The van der Waals surface area contributed by atoms with Crippen molar-refractivity contribution < 1.29 is 23.9 Å². The lowest BCUT2D eigenvalue weighted by atomic mass is 10.1.